The van der Waals surface area contributed by atoms with E-state index in [9.17, 15) is 53.4 Å². The molecular weight excluding hydrogens is 1150 g/mol. The quantitative estimate of drug-likeness (QED) is 0.0469. The number of carbonyl (C=O) groups is 10. The fraction of sp³-hybridized carbons (Fsp3) is 0.629. The van der Waals surface area contributed by atoms with Gasteiger partial charge in [-0.25, -0.2) is 0 Å². The predicted octanol–water partition coefficient (Wildman–Crippen LogP) is -0.723. The Hall–Kier alpha value is -8.07. The summed E-state index contributed by atoms with van der Waals surface area (Å²) in [5.41, 5.74) is 24.1. The summed E-state index contributed by atoms with van der Waals surface area (Å²) in [5.74, 6) is -8.21. The molecule has 2 aromatic rings. The summed E-state index contributed by atoms with van der Waals surface area (Å²) in [7, 11) is 0. The van der Waals surface area contributed by atoms with Crippen LogP contribution in [0, 0.1) is 11.8 Å². The number of aromatic hydroxyl groups is 2. The molecule has 490 valence electrons. The maximum Gasteiger partial charge on any atom is 0.246 e. The second-order valence-corrected chi connectivity index (χ2v) is 24.2. The van der Waals surface area contributed by atoms with Gasteiger partial charge in [-0.2, -0.15) is 0 Å². The van der Waals surface area contributed by atoms with Crippen LogP contribution in [-0.2, 0) is 60.8 Å². The SMILES string of the molecule is CC[C@H](C)[C@@H]1NC(=O)[C@H](Cc2ccc(O)cc2)NC(=O)[C@@H]2CCCN2C(=O)[C@H]2CCCN2C(=O)[C@H](Cc2ccc(O)cc2)NC(=O)[C@@H]2CCCN2C(=O)[C@H](CCCCN)NC(=O)[C@H](CCCCN)NC(=O)[C@H](CCCN=C(N)N)NC(=O)[C@H](C(C)C)NC1=O. The van der Waals surface area contributed by atoms with Crippen LogP contribution in [0.15, 0.2) is 53.5 Å². The van der Waals surface area contributed by atoms with Crippen LogP contribution in [0.2, 0.25) is 0 Å². The van der Waals surface area contributed by atoms with Gasteiger partial charge >= 0.3 is 0 Å². The third-order valence-electron chi connectivity index (χ3n) is 17.3. The van der Waals surface area contributed by atoms with E-state index in [0.717, 1.165) is 0 Å². The van der Waals surface area contributed by atoms with E-state index in [0.29, 0.717) is 62.5 Å². The molecule has 0 saturated carbocycles. The molecule has 0 aromatic heterocycles. The van der Waals surface area contributed by atoms with Crippen LogP contribution in [0.1, 0.15) is 135 Å². The molecule has 17 N–H and O–H groups in total. The first-order chi connectivity index (χ1) is 42.5. The van der Waals surface area contributed by atoms with Gasteiger partial charge in [0.2, 0.25) is 59.1 Å². The highest BCUT2D eigenvalue weighted by molar-refractivity contribution is 6.00. The normalized spacial score (nSPS) is 26.2. The van der Waals surface area contributed by atoms with E-state index in [1.54, 1.807) is 45.0 Å². The van der Waals surface area contributed by atoms with Crippen molar-refractivity contribution < 1.29 is 58.2 Å². The van der Waals surface area contributed by atoms with Crippen LogP contribution in [0.25, 0.3) is 0 Å². The Morgan fingerprint density at radius 3 is 1.38 bits per heavy atom. The van der Waals surface area contributed by atoms with Gasteiger partial charge in [-0.3, -0.25) is 52.9 Å². The zero-order valence-electron chi connectivity index (χ0n) is 51.9. The molecule has 0 unspecified atom stereocenters. The second-order valence-electron chi connectivity index (χ2n) is 24.2. The van der Waals surface area contributed by atoms with Gasteiger partial charge < -0.3 is 85.1 Å². The van der Waals surface area contributed by atoms with Crippen molar-refractivity contribution in [2.75, 3.05) is 39.3 Å². The zero-order chi connectivity index (χ0) is 64.9. The minimum Gasteiger partial charge on any atom is -0.508 e. The summed E-state index contributed by atoms with van der Waals surface area (Å²) in [5, 5.41) is 40.2. The molecule has 27 heteroatoms. The molecule has 4 aliphatic rings. The van der Waals surface area contributed by atoms with Crippen molar-refractivity contribution in [3.05, 3.63) is 59.7 Å². The lowest BCUT2D eigenvalue weighted by molar-refractivity contribution is -0.148. The number of rotatable bonds is 19. The van der Waals surface area contributed by atoms with Gasteiger partial charge in [0.1, 0.15) is 71.9 Å². The molecule has 0 spiro atoms. The second kappa shape index (κ2) is 34.1. The first-order valence-corrected chi connectivity index (χ1v) is 31.6. The van der Waals surface area contributed by atoms with E-state index in [4.69, 9.17) is 22.9 Å². The summed E-state index contributed by atoms with van der Waals surface area (Å²) in [6.07, 6.45) is 4.06. The lowest BCUT2D eigenvalue weighted by Gasteiger charge is -2.34. The number of benzene rings is 2. The molecule has 11 atom stereocenters. The number of phenolic OH excluding ortho intramolecular Hbond substituents is 2. The monoisotopic (exact) mass is 1240 g/mol. The topological polar surface area (TPSA) is 422 Å². The van der Waals surface area contributed by atoms with Crippen molar-refractivity contribution in [3.8, 4) is 11.5 Å². The molecule has 4 fully saturated rings. The number of phenols is 2. The number of carbonyl (C=O) groups excluding carboxylic acids is 10. The van der Waals surface area contributed by atoms with E-state index >= 15 is 4.79 Å². The van der Waals surface area contributed by atoms with Gasteiger partial charge in [0, 0.05) is 39.0 Å². The van der Waals surface area contributed by atoms with Crippen molar-refractivity contribution in [1.82, 2.24) is 51.9 Å². The molecule has 27 nitrogen and oxygen atoms in total. The highest BCUT2D eigenvalue weighted by atomic mass is 16.3. The number of unbranched alkanes of at least 4 members (excludes halogenated alkanes) is 2. The third kappa shape index (κ3) is 19.7. The average Bonchev–Trinajstić information content (AvgIpc) is 3.06. The van der Waals surface area contributed by atoms with Crippen LogP contribution in [-0.4, -0.2) is 190 Å². The highest BCUT2D eigenvalue weighted by Gasteiger charge is 2.46. The number of fused-ring (bicyclic) bond motifs is 3. The van der Waals surface area contributed by atoms with Crippen molar-refractivity contribution >= 4 is 65.0 Å². The number of amides is 10. The minimum absolute atomic E-state index is 0.0314. The number of hydrogen-bond acceptors (Lipinski definition) is 15. The lowest BCUT2D eigenvalue weighted by atomic mass is 9.95. The molecule has 0 bridgehead atoms. The minimum atomic E-state index is -1.35. The smallest absolute Gasteiger partial charge is 0.246 e. The summed E-state index contributed by atoms with van der Waals surface area (Å²) in [4.78, 5) is 156. The van der Waals surface area contributed by atoms with Gasteiger partial charge in [-0.15, -0.1) is 0 Å². The van der Waals surface area contributed by atoms with Crippen LogP contribution >= 0.6 is 0 Å². The van der Waals surface area contributed by atoms with Crippen molar-refractivity contribution in [3.63, 3.8) is 0 Å². The van der Waals surface area contributed by atoms with Crippen molar-refractivity contribution in [2.45, 2.75) is 197 Å². The first kappa shape index (κ1) is 70.0. The molecule has 4 aliphatic heterocycles. The molecule has 89 heavy (non-hydrogen) atoms. The Kier molecular flexibility index (Phi) is 26.8. The number of aliphatic imine (C=N–C) groups is 1. The van der Waals surface area contributed by atoms with Gasteiger partial charge in [0.05, 0.1) is 0 Å². The van der Waals surface area contributed by atoms with Gasteiger partial charge in [0.25, 0.3) is 0 Å². The Morgan fingerprint density at radius 2 is 0.876 bits per heavy atom. The Labute approximate surface area is 520 Å². The lowest BCUT2D eigenvalue weighted by Crippen LogP contribution is -2.62. The fourth-order valence-corrected chi connectivity index (χ4v) is 12.0. The summed E-state index contributed by atoms with van der Waals surface area (Å²) in [6, 6.07) is -0.204. The summed E-state index contributed by atoms with van der Waals surface area (Å²) >= 11 is 0. The molecule has 10 amide bonds. The Bertz CT molecular complexity index is 2800. The average molecular weight is 1240 g/mol. The molecule has 4 heterocycles. The number of hydrogen-bond donors (Lipinski definition) is 13. The van der Waals surface area contributed by atoms with Gasteiger partial charge in [-0.1, -0.05) is 58.4 Å². The van der Waals surface area contributed by atoms with E-state index in [2.05, 4.69) is 42.2 Å². The number of nitrogens with two attached hydrogens (primary N) is 4. The van der Waals surface area contributed by atoms with E-state index < -0.39 is 131 Å². The van der Waals surface area contributed by atoms with Crippen molar-refractivity contribution in [1.29, 1.82) is 0 Å². The molecule has 2 aromatic carbocycles. The van der Waals surface area contributed by atoms with Crippen molar-refractivity contribution in [2.24, 2.45) is 39.8 Å². The first-order valence-electron chi connectivity index (χ1n) is 31.6. The van der Waals surface area contributed by atoms with E-state index in [1.807, 2.05) is 6.92 Å². The molecule has 0 radical (unpaired) electrons. The van der Waals surface area contributed by atoms with E-state index in [-0.39, 0.29) is 115 Å². The van der Waals surface area contributed by atoms with Gasteiger partial charge in [-0.05, 0) is 150 Å². The van der Waals surface area contributed by atoms with Crippen LogP contribution in [0.4, 0.5) is 0 Å². The zero-order valence-corrected chi connectivity index (χ0v) is 51.9. The maximum atomic E-state index is 15.1. The van der Waals surface area contributed by atoms with Gasteiger partial charge in [0.15, 0.2) is 5.96 Å². The largest absolute Gasteiger partial charge is 0.508 e. The predicted molar refractivity (Wildman–Crippen MR) is 331 cm³/mol. The Morgan fingerprint density at radius 1 is 0.483 bits per heavy atom. The highest BCUT2D eigenvalue weighted by Crippen LogP contribution is 2.28. The standard InChI is InChI=1S/C62H95N15O12/c1-5-37(4)51-58(86)73-50(36(2)3)57(85)69-43(16-10-30-67-62(65)66)52(80)68-42(14-6-8-28-63)53(81)70-44(15-7-9-29-64)59(87)75-31-11-17-47(75)56(84)72-46(35-39-22-26-41(79)27-23-39)60(88)77-33-13-19-49(77)61(89)76-32-12-18-48(76)55(83)71-45(54(82)74-51)34-38-20-24-40(78)25-21-38/h20-27,36-37,42-51,78-79H,5-19,28-35,63-64H2,1-4H3,(H,68,80)(H,69,85)(H,70,81)(H,71,83)(H,72,84)(H,73,86)(H,74,82)(H4,65,66,67)/t37-,42-,43-,44-,45-,46-,47-,48-,49+,50-,51-/m0/s1. The molecular formula is C62H95N15O12. The maximum absolute atomic E-state index is 15.1. The number of nitrogens with one attached hydrogen (secondary N) is 7. The molecule has 0 aliphatic carbocycles. The number of guanidine groups is 1. The fourth-order valence-electron chi connectivity index (χ4n) is 12.0. The third-order valence-corrected chi connectivity index (χ3v) is 17.3. The van der Waals surface area contributed by atoms with Crippen LogP contribution in [0.5, 0.6) is 11.5 Å². The summed E-state index contributed by atoms with van der Waals surface area (Å²) < 4.78 is 0. The Balaban J connectivity index is 1.43. The molecule has 4 saturated heterocycles. The number of nitrogens with zero attached hydrogens (tertiary/aromatic N) is 4. The summed E-state index contributed by atoms with van der Waals surface area (Å²) in [6.45, 7) is 7.92. The van der Waals surface area contributed by atoms with Crippen LogP contribution in [0.3, 0.4) is 0 Å². The van der Waals surface area contributed by atoms with Crippen LogP contribution < -0.4 is 60.2 Å². The van der Waals surface area contributed by atoms with E-state index in [1.165, 1.54) is 39.0 Å². The molecule has 6 rings (SSSR count).